The molecule has 0 spiro atoms. The summed E-state index contributed by atoms with van der Waals surface area (Å²) in [5.41, 5.74) is 1.15. The Morgan fingerprint density at radius 1 is 1.03 bits per heavy atom. The molecule has 0 radical (unpaired) electrons. The highest BCUT2D eigenvalue weighted by molar-refractivity contribution is 7.99. The van der Waals surface area contributed by atoms with Crippen LogP contribution >= 0.6 is 23.4 Å². The molecule has 0 bridgehead atoms. The number of benzene rings is 2. The van der Waals surface area contributed by atoms with Crippen LogP contribution < -0.4 is 5.32 Å². The molecular formula is C23H29ClN2O2S. The fourth-order valence-corrected chi connectivity index (χ4v) is 3.87. The van der Waals surface area contributed by atoms with E-state index in [1.54, 1.807) is 23.6 Å². The van der Waals surface area contributed by atoms with Gasteiger partial charge in [-0.05, 0) is 57.0 Å². The van der Waals surface area contributed by atoms with E-state index in [-0.39, 0.29) is 17.9 Å². The second-order valence-corrected chi connectivity index (χ2v) is 8.82. The van der Waals surface area contributed by atoms with Crippen LogP contribution in [0.4, 0.5) is 0 Å². The van der Waals surface area contributed by atoms with Crippen LogP contribution in [0.1, 0.15) is 32.8 Å². The highest BCUT2D eigenvalue weighted by atomic mass is 35.5. The van der Waals surface area contributed by atoms with E-state index in [4.69, 9.17) is 11.6 Å². The Balaban J connectivity index is 1.98. The van der Waals surface area contributed by atoms with Gasteiger partial charge in [0.2, 0.25) is 11.8 Å². The first-order valence-corrected chi connectivity index (χ1v) is 11.3. The third-order valence-electron chi connectivity index (χ3n) is 4.48. The third-order valence-corrected chi connectivity index (χ3v) is 5.75. The number of nitrogens with zero attached hydrogens (tertiary/aromatic N) is 1. The normalized spacial score (nSPS) is 11.9. The van der Waals surface area contributed by atoms with Crippen LogP contribution in [0, 0.1) is 0 Å². The number of rotatable bonds is 10. The number of amides is 2. The van der Waals surface area contributed by atoms with E-state index in [9.17, 15) is 9.59 Å². The molecule has 0 aliphatic carbocycles. The maximum atomic E-state index is 13.0. The fourth-order valence-electron chi connectivity index (χ4n) is 2.91. The first-order chi connectivity index (χ1) is 13.9. The van der Waals surface area contributed by atoms with Crippen molar-refractivity contribution in [2.75, 3.05) is 12.3 Å². The van der Waals surface area contributed by atoms with Crippen molar-refractivity contribution in [3.8, 4) is 0 Å². The summed E-state index contributed by atoms with van der Waals surface area (Å²) in [4.78, 5) is 28.2. The molecule has 0 saturated carbocycles. The molecule has 0 unspecified atom stereocenters. The zero-order valence-corrected chi connectivity index (χ0v) is 18.8. The van der Waals surface area contributed by atoms with Gasteiger partial charge in [-0.1, -0.05) is 41.9 Å². The Kier molecular flexibility index (Phi) is 9.55. The summed E-state index contributed by atoms with van der Waals surface area (Å²) in [5, 5.41) is 3.61. The molecule has 0 saturated heterocycles. The number of hydrogen-bond donors (Lipinski definition) is 1. The van der Waals surface area contributed by atoms with E-state index in [1.165, 1.54) is 0 Å². The largest absolute Gasteiger partial charge is 0.352 e. The Morgan fingerprint density at radius 2 is 1.69 bits per heavy atom. The van der Waals surface area contributed by atoms with Crippen molar-refractivity contribution in [3.05, 3.63) is 65.2 Å². The number of hydrogen-bond acceptors (Lipinski definition) is 3. The maximum Gasteiger partial charge on any atom is 0.242 e. The third kappa shape index (κ3) is 8.11. The SMILES string of the molecule is CC(C)NC(=O)[C@H](C)N(CCc1ccccc1)C(=O)CCSc1ccc(Cl)cc1. The summed E-state index contributed by atoms with van der Waals surface area (Å²) in [6, 6.07) is 17.1. The van der Waals surface area contributed by atoms with E-state index >= 15 is 0 Å². The average Bonchev–Trinajstić information content (AvgIpc) is 2.69. The van der Waals surface area contributed by atoms with Crippen molar-refractivity contribution in [2.45, 2.75) is 50.6 Å². The molecule has 29 heavy (non-hydrogen) atoms. The minimum Gasteiger partial charge on any atom is -0.352 e. The van der Waals surface area contributed by atoms with E-state index in [0.29, 0.717) is 23.7 Å². The van der Waals surface area contributed by atoms with Crippen LogP contribution in [0.5, 0.6) is 0 Å². The van der Waals surface area contributed by atoms with Gasteiger partial charge in [0.25, 0.3) is 0 Å². The molecule has 2 rings (SSSR count). The van der Waals surface area contributed by atoms with E-state index in [0.717, 1.165) is 16.9 Å². The van der Waals surface area contributed by atoms with Crippen molar-refractivity contribution in [3.63, 3.8) is 0 Å². The zero-order valence-electron chi connectivity index (χ0n) is 17.2. The summed E-state index contributed by atoms with van der Waals surface area (Å²) in [5.74, 6) is 0.529. The van der Waals surface area contributed by atoms with Gasteiger partial charge < -0.3 is 10.2 Å². The molecule has 1 atom stereocenters. The fraction of sp³-hybridized carbons (Fsp3) is 0.391. The summed E-state index contributed by atoms with van der Waals surface area (Å²) in [6.07, 6.45) is 1.09. The molecule has 1 N–H and O–H groups in total. The van der Waals surface area contributed by atoms with Crippen molar-refractivity contribution in [1.29, 1.82) is 0 Å². The number of halogens is 1. The van der Waals surface area contributed by atoms with Crippen LogP contribution in [0.2, 0.25) is 5.02 Å². The molecule has 2 aromatic carbocycles. The second-order valence-electron chi connectivity index (χ2n) is 7.21. The van der Waals surface area contributed by atoms with E-state index in [2.05, 4.69) is 5.32 Å². The van der Waals surface area contributed by atoms with Gasteiger partial charge in [-0.25, -0.2) is 0 Å². The van der Waals surface area contributed by atoms with Crippen LogP contribution in [-0.2, 0) is 16.0 Å². The average molecular weight is 433 g/mol. The predicted octanol–water partition coefficient (Wildman–Crippen LogP) is 4.81. The Bertz CT molecular complexity index is 781. The molecular weight excluding hydrogens is 404 g/mol. The molecule has 4 nitrogen and oxygen atoms in total. The van der Waals surface area contributed by atoms with Gasteiger partial charge in [0.1, 0.15) is 6.04 Å². The molecule has 0 fully saturated rings. The molecule has 0 aliphatic rings. The van der Waals surface area contributed by atoms with Gasteiger partial charge in [0.15, 0.2) is 0 Å². The van der Waals surface area contributed by atoms with Crippen molar-refractivity contribution in [1.82, 2.24) is 10.2 Å². The lowest BCUT2D eigenvalue weighted by atomic mass is 10.1. The van der Waals surface area contributed by atoms with Gasteiger partial charge in [-0.15, -0.1) is 11.8 Å². The standard InChI is InChI=1S/C23H29ClN2O2S/c1-17(2)25-23(28)18(3)26(15-13-19-7-5-4-6-8-19)22(27)14-16-29-21-11-9-20(24)10-12-21/h4-12,17-18H,13-16H2,1-3H3,(H,25,28)/t18-/m0/s1. The first kappa shape index (κ1) is 23.3. The lowest BCUT2D eigenvalue weighted by Crippen LogP contribution is -2.50. The van der Waals surface area contributed by atoms with E-state index in [1.807, 2.05) is 68.4 Å². The number of nitrogens with one attached hydrogen (secondary N) is 1. The first-order valence-electron chi connectivity index (χ1n) is 9.89. The van der Waals surface area contributed by atoms with Gasteiger partial charge >= 0.3 is 0 Å². The molecule has 156 valence electrons. The van der Waals surface area contributed by atoms with Crippen LogP contribution in [-0.4, -0.2) is 41.1 Å². The molecule has 2 aromatic rings. The summed E-state index contributed by atoms with van der Waals surface area (Å²) in [6.45, 7) is 6.15. The molecule has 0 aliphatic heterocycles. The zero-order chi connectivity index (χ0) is 21.2. The van der Waals surface area contributed by atoms with Crippen LogP contribution in [0.3, 0.4) is 0 Å². The second kappa shape index (κ2) is 11.9. The van der Waals surface area contributed by atoms with E-state index < -0.39 is 6.04 Å². The molecule has 2 amide bonds. The number of thioether (sulfide) groups is 1. The number of carbonyl (C=O) groups excluding carboxylic acids is 2. The minimum absolute atomic E-state index is 0.00574. The van der Waals surface area contributed by atoms with Gasteiger partial charge in [-0.3, -0.25) is 9.59 Å². The van der Waals surface area contributed by atoms with Crippen molar-refractivity contribution >= 4 is 35.2 Å². The molecule has 6 heteroatoms. The smallest absolute Gasteiger partial charge is 0.242 e. The van der Waals surface area contributed by atoms with Gasteiger partial charge in [-0.2, -0.15) is 0 Å². The summed E-state index contributed by atoms with van der Waals surface area (Å²) >= 11 is 7.53. The Labute approximate surface area is 183 Å². The van der Waals surface area contributed by atoms with Crippen LogP contribution in [0.15, 0.2) is 59.5 Å². The molecule has 0 aromatic heterocycles. The Morgan fingerprint density at radius 3 is 2.31 bits per heavy atom. The summed E-state index contributed by atoms with van der Waals surface area (Å²) in [7, 11) is 0. The lowest BCUT2D eigenvalue weighted by Gasteiger charge is -2.29. The van der Waals surface area contributed by atoms with Gasteiger partial charge in [0, 0.05) is 34.7 Å². The quantitative estimate of drug-likeness (QED) is 0.548. The highest BCUT2D eigenvalue weighted by Crippen LogP contribution is 2.21. The minimum atomic E-state index is -0.505. The highest BCUT2D eigenvalue weighted by Gasteiger charge is 2.25. The molecule has 0 heterocycles. The maximum absolute atomic E-state index is 13.0. The predicted molar refractivity (Wildman–Crippen MR) is 121 cm³/mol. The Hall–Kier alpha value is -1.98. The lowest BCUT2D eigenvalue weighted by molar-refractivity contribution is -0.139. The number of carbonyl (C=O) groups is 2. The van der Waals surface area contributed by atoms with Crippen molar-refractivity contribution in [2.24, 2.45) is 0 Å². The topological polar surface area (TPSA) is 49.4 Å². The van der Waals surface area contributed by atoms with Gasteiger partial charge in [0.05, 0.1) is 0 Å². The van der Waals surface area contributed by atoms with Crippen LogP contribution in [0.25, 0.3) is 0 Å². The summed E-state index contributed by atoms with van der Waals surface area (Å²) < 4.78 is 0. The monoisotopic (exact) mass is 432 g/mol. The van der Waals surface area contributed by atoms with Crippen molar-refractivity contribution < 1.29 is 9.59 Å².